The maximum absolute atomic E-state index is 12.9. The van der Waals surface area contributed by atoms with Crippen molar-refractivity contribution in [2.45, 2.75) is 13.0 Å². The van der Waals surface area contributed by atoms with E-state index in [0.717, 1.165) is 22.7 Å². The molecule has 0 fully saturated rings. The number of hydrogen-bond acceptors (Lipinski definition) is 3. The molecule has 1 aromatic rings. The molecule has 0 aliphatic rings. The van der Waals surface area contributed by atoms with Gasteiger partial charge in [0.05, 0.1) is 11.9 Å². The summed E-state index contributed by atoms with van der Waals surface area (Å²) in [6.07, 6.45) is 2.49. The fraction of sp³-hybridized carbons (Fsp3) is 0.308. The first kappa shape index (κ1) is 16.2. The third-order valence-corrected chi connectivity index (χ3v) is 3.83. The summed E-state index contributed by atoms with van der Waals surface area (Å²) in [6.45, 7) is 5.17. The van der Waals surface area contributed by atoms with E-state index in [1.807, 2.05) is 0 Å². The second-order valence-corrected chi connectivity index (χ2v) is 6.10. The first-order valence-electron chi connectivity index (χ1n) is 5.91. The summed E-state index contributed by atoms with van der Waals surface area (Å²) in [5.41, 5.74) is 0.232. The Balaban J connectivity index is 3.10. The number of nitrogens with one attached hydrogen (secondary N) is 1. The molecule has 0 spiro atoms. The molecule has 0 radical (unpaired) electrons. The highest BCUT2D eigenvalue weighted by Crippen LogP contribution is 2.21. The van der Waals surface area contributed by atoms with Crippen LogP contribution in [-0.4, -0.2) is 33.2 Å². The largest absolute Gasteiger partial charge is 0.351 e. The molecular weight excluding hydrogens is 283 g/mol. The van der Waals surface area contributed by atoms with Crippen molar-refractivity contribution >= 4 is 21.6 Å². The van der Waals surface area contributed by atoms with Crippen LogP contribution in [0, 0.1) is 5.82 Å². The molecule has 1 amide bonds. The number of halogens is 1. The van der Waals surface area contributed by atoms with Gasteiger partial charge in [-0.05, 0) is 31.2 Å². The molecule has 0 bridgehead atoms. The molecule has 1 rings (SSSR count). The number of rotatable bonds is 6. The van der Waals surface area contributed by atoms with Gasteiger partial charge in [-0.25, -0.2) is 12.8 Å². The Kier molecular flexibility index (Phi) is 5.26. The minimum atomic E-state index is -3.68. The minimum Gasteiger partial charge on any atom is -0.351 e. The Labute approximate surface area is 118 Å². The van der Waals surface area contributed by atoms with Crippen LogP contribution in [0.5, 0.6) is 0 Å². The van der Waals surface area contributed by atoms with Crippen LogP contribution in [-0.2, 0) is 14.8 Å². The van der Waals surface area contributed by atoms with Gasteiger partial charge in [0.25, 0.3) is 0 Å². The van der Waals surface area contributed by atoms with E-state index < -0.39 is 27.8 Å². The number of hydrogen-bond donors (Lipinski definition) is 1. The lowest BCUT2D eigenvalue weighted by Gasteiger charge is -2.28. The normalized spacial score (nSPS) is 12.6. The molecule has 0 aliphatic heterocycles. The number of carbonyl (C=O) groups excluding carboxylic acids is 1. The Morgan fingerprint density at radius 3 is 2.45 bits per heavy atom. The number of nitrogens with zero attached hydrogens (tertiary/aromatic N) is 1. The molecule has 20 heavy (non-hydrogen) atoms. The van der Waals surface area contributed by atoms with Crippen LogP contribution in [0.15, 0.2) is 36.9 Å². The number of carbonyl (C=O) groups is 1. The van der Waals surface area contributed by atoms with E-state index in [2.05, 4.69) is 11.9 Å². The predicted molar refractivity (Wildman–Crippen MR) is 76.4 cm³/mol. The summed E-state index contributed by atoms with van der Waals surface area (Å²) >= 11 is 0. The average molecular weight is 300 g/mol. The van der Waals surface area contributed by atoms with Crippen molar-refractivity contribution in [1.82, 2.24) is 5.32 Å². The summed E-state index contributed by atoms with van der Waals surface area (Å²) in [5, 5.41) is 2.53. The van der Waals surface area contributed by atoms with E-state index in [-0.39, 0.29) is 12.2 Å². The summed E-state index contributed by atoms with van der Waals surface area (Å²) < 4.78 is 37.6. The summed E-state index contributed by atoms with van der Waals surface area (Å²) in [6, 6.07) is 3.96. The molecule has 7 heteroatoms. The summed E-state index contributed by atoms with van der Waals surface area (Å²) in [4.78, 5) is 11.9. The van der Waals surface area contributed by atoms with Crippen LogP contribution in [0.25, 0.3) is 0 Å². The third kappa shape index (κ3) is 4.06. The monoisotopic (exact) mass is 300 g/mol. The van der Waals surface area contributed by atoms with E-state index in [0.29, 0.717) is 0 Å². The van der Waals surface area contributed by atoms with Crippen LogP contribution >= 0.6 is 0 Å². The van der Waals surface area contributed by atoms with Gasteiger partial charge in [-0.3, -0.25) is 9.10 Å². The van der Waals surface area contributed by atoms with Crippen molar-refractivity contribution in [2.24, 2.45) is 0 Å². The SMILES string of the molecule is C=CCNC(=O)[C@@H](C)N(c1ccc(F)cc1)S(C)(=O)=O. The number of anilines is 1. The van der Waals surface area contributed by atoms with Crippen molar-refractivity contribution in [3.05, 3.63) is 42.7 Å². The van der Waals surface area contributed by atoms with Crippen molar-refractivity contribution < 1.29 is 17.6 Å². The molecule has 0 heterocycles. The maximum atomic E-state index is 12.9. The topological polar surface area (TPSA) is 66.5 Å². The lowest BCUT2D eigenvalue weighted by molar-refractivity contribution is -0.121. The van der Waals surface area contributed by atoms with E-state index in [1.165, 1.54) is 25.1 Å². The first-order valence-corrected chi connectivity index (χ1v) is 7.75. The van der Waals surface area contributed by atoms with Gasteiger partial charge in [0, 0.05) is 6.54 Å². The van der Waals surface area contributed by atoms with Crippen molar-refractivity contribution in [1.29, 1.82) is 0 Å². The lowest BCUT2D eigenvalue weighted by Crippen LogP contribution is -2.47. The molecular formula is C13H17FN2O3S. The molecule has 5 nitrogen and oxygen atoms in total. The van der Waals surface area contributed by atoms with Gasteiger partial charge >= 0.3 is 0 Å². The minimum absolute atomic E-state index is 0.232. The standard InChI is InChI=1S/C13H17FN2O3S/c1-4-9-15-13(17)10(2)16(20(3,18)19)12-7-5-11(14)6-8-12/h4-8,10H,1,9H2,2-3H3,(H,15,17)/t10-/m1/s1. The van der Waals surface area contributed by atoms with Crippen LogP contribution in [0.3, 0.4) is 0 Å². The summed E-state index contributed by atoms with van der Waals surface area (Å²) in [7, 11) is -3.68. The lowest BCUT2D eigenvalue weighted by atomic mass is 10.2. The average Bonchev–Trinajstić information content (AvgIpc) is 2.36. The van der Waals surface area contributed by atoms with Crippen LogP contribution < -0.4 is 9.62 Å². The number of benzene rings is 1. The molecule has 1 atom stereocenters. The van der Waals surface area contributed by atoms with Crippen molar-refractivity contribution in [2.75, 3.05) is 17.1 Å². The smallest absolute Gasteiger partial charge is 0.243 e. The van der Waals surface area contributed by atoms with Crippen LogP contribution in [0.2, 0.25) is 0 Å². The second-order valence-electron chi connectivity index (χ2n) is 4.25. The Morgan fingerprint density at radius 2 is 2.00 bits per heavy atom. The van der Waals surface area contributed by atoms with Gasteiger partial charge in [0.1, 0.15) is 11.9 Å². The van der Waals surface area contributed by atoms with E-state index in [4.69, 9.17) is 0 Å². The maximum Gasteiger partial charge on any atom is 0.243 e. The Bertz CT molecular complexity index is 584. The van der Waals surface area contributed by atoms with Gasteiger partial charge in [0.15, 0.2) is 0 Å². The molecule has 0 aliphatic carbocycles. The zero-order chi connectivity index (χ0) is 15.3. The highest BCUT2D eigenvalue weighted by Gasteiger charge is 2.28. The van der Waals surface area contributed by atoms with Crippen molar-refractivity contribution in [3.8, 4) is 0 Å². The van der Waals surface area contributed by atoms with E-state index >= 15 is 0 Å². The summed E-state index contributed by atoms with van der Waals surface area (Å²) in [5.74, 6) is -0.939. The number of sulfonamides is 1. The zero-order valence-corrected chi connectivity index (χ0v) is 12.2. The van der Waals surface area contributed by atoms with Gasteiger partial charge in [-0.2, -0.15) is 0 Å². The van der Waals surface area contributed by atoms with Crippen LogP contribution in [0.1, 0.15) is 6.92 Å². The third-order valence-electron chi connectivity index (χ3n) is 2.59. The van der Waals surface area contributed by atoms with Crippen molar-refractivity contribution in [3.63, 3.8) is 0 Å². The van der Waals surface area contributed by atoms with Gasteiger partial charge in [0.2, 0.25) is 15.9 Å². The fourth-order valence-corrected chi connectivity index (χ4v) is 2.89. The fourth-order valence-electron chi connectivity index (χ4n) is 1.72. The number of amides is 1. The van der Waals surface area contributed by atoms with E-state index in [1.54, 1.807) is 0 Å². The molecule has 1 N–H and O–H groups in total. The zero-order valence-electron chi connectivity index (χ0n) is 11.3. The molecule has 110 valence electrons. The second kappa shape index (κ2) is 6.51. The highest BCUT2D eigenvalue weighted by molar-refractivity contribution is 7.92. The van der Waals surface area contributed by atoms with E-state index in [9.17, 15) is 17.6 Å². The van der Waals surface area contributed by atoms with Gasteiger partial charge in [-0.15, -0.1) is 6.58 Å². The molecule has 0 unspecified atom stereocenters. The Morgan fingerprint density at radius 1 is 1.45 bits per heavy atom. The quantitative estimate of drug-likeness (QED) is 0.805. The van der Waals surface area contributed by atoms with Gasteiger partial charge in [-0.1, -0.05) is 6.08 Å². The first-order chi connectivity index (χ1) is 9.27. The van der Waals surface area contributed by atoms with Gasteiger partial charge < -0.3 is 5.32 Å². The van der Waals surface area contributed by atoms with Crippen LogP contribution in [0.4, 0.5) is 10.1 Å². The molecule has 1 aromatic carbocycles. The molecule has 0 saturated carbocycles. The molecule has 0 aromatic heterocycles. The highest BCUT2D eigenvalue weighted by atomic mass is 32.2. The predicted octanol–water partition coefficient (Wildman–Crippen LogP) is 1.28. The molecule has 0 saturated heterocycles. The Hall–Kier alpha value is -1.89.